The Labute approximate surface area is 120 Å². The Morgan fingerprint density at radius 2 is 1.35 bits per heavy atom. The van der Waals surface area contributed by atoms with Crippen molar-refractivity contribution >= 4 is 23.3 Å². The van der Waals surface area contributed by atoms with Crippen LogP contribution < -0.4 is 0 Å². The molecule has 0 fully saturated rings. The highest BCUT2D eigenvalue weighted by molar-refractivity contribution is 6.66. The molecule has 0 saturated carbocycles. The summed E-state index contributed by atoms with van der Waals surface area (Å²) in [6.45, 7) is 2.19. The number of unbranched alkanes of at least 4 members (excludes halogenated alkanes) is 8. The maximum atomic E-state index is 11.3. The van der Waals surface area contributed by atoms with Crippen molar-refractivity contribution in [2.45, 2.75) is 71.1 Å². The molecule has 20 heavy (non-hydrogen) atoms. The van der Waals surface area contributed by atoms with E-state index in [1.54, 1.807) is 0 Å². The molecule has 0 heterocycles. The number of ketones is 3. The van der Waals surface area contributed by atoms with Crippen molar-refractivity contribution in [1.82, 2.24) is 0 Å². The van der Waals surface area contributed by atoms with Gasteiger partial charge in [0.05, 0.1) is 6.08 Å². The summed E-state index contributed by atoms with van der Waals surface area (Å²) in [5.41, 5.74) is 0. The summed E-state index contributed by atoms with van der Waals surface area (Å²) in [5, 5.41) is 0. The molecule has 0 saturated heterocycles. The topological polar surface area (TPSA) is 68.3 Å². The Bertz CT molecular complexity index is 365. The molecule has 4 nitrogen and oxygen atoms in total. The monoisotopic (exact) mass is 280 g/mol. The predicted octanol–water partition coefficient (Wildman–Crippen LogP) is 3.00. The zero-order valence-corrected chi connectivity index (χ0v) is 12.3. The van der Waals surface area contributed by atoms with Gasteiger partial charge in [-0.25, -0.2) is 4.79 Å². The fourth-order valence-electron chi connectivity index (χ4n) is 1.97. The fraction of sp³-hybridized carbons (Fsp3) is 0.688. The molecular weight excluding hydrogens is 256 g/mol. The Kier molecular flexibility index (Phi) is 11.5. The SMILES string of the molecule is CCCCCCCCCCCC(=O)C(=O)C(=O)C=C=O. The standard InChI is InChI=1S/C16H24O4/c1-2-3-4-5-6-7-8-9-10-11-14(18)16(20)15(19)12-13-17/h12H,2-11H2,1H3. The van der Waals surface area contributed by atoms with Gasteiger partial charge in [-0.15, -0.1) is 0 Å². The molecule has 4 heteroatoms. The molecule has 0 aromatic rings. The summed E-state index contributed by atoms with van der Waals surface area (Å²) in [6, 6.07) is 0. The molecule has 0 atom stereocenters. The maximum Gasteiger partial charge on any atom is 0.269 e. The third-order valence-corrected chi connectivity index (χ3v) is 3.17. The molecule has 112 valence electrons. The highest BCUT2D eigenvalue weighted by atomic mass is 16.2. The molecule has 0 rings (SSSR count). The van der Waals surface area contributed by atoms with Crippen LogP contribution in [0.5, 0.6) is 0 Å². The highest BCUT2D eigenvalue weighted by Crippen LogP contribution is 2.10. The lowest BCUT2D eigenvalue weighted by Crippen LogP contribution is -2.22. The number of allylic oxidation sites excluding steroid dienone is 1. The second-order valence-electron chi connectivity index (χ2n) is 4.96. The minimum absolute atomic E-state index is 0.0904. The van der Waals surface area contributed by atoms with E-state index in [1.807, 2.05) is 0 Å². The maximum absolute atomic E-state index is 11.3. The Hall–Kier alpha value is -1.54. The van der Waals surface area contributed by atoms with Gasteiger partial charge in [0.15, 0.2) is 0 Å². The smallest absolute Gasteiger partial charge is 0.269 e. The van der Waals surface area contributed by atoms with Gasteiger partial charge in [0.2, 0.25) is 11.6 Å². The summed E-state index contributed by atoms with van der Waals surface area (Å²) in [5.74, 6) is -1.67. The summed E-state index contributed by atoms with van der Waals surface area (Å²) in [6.07, 6.45) is 10.6. The first-order valence-electron chi connectivity index (χ1n) is 7.45. The minimum Gasteiger partial charge on any atom is -0.290 e. The third-order valence-electron chi connectivity index (χ3n) is 3.17. The molecular formula is C16H24O4. The zero-order valence-electron chi connectivity index (χ0n) is 12.3. The minimum atomic E-state index is -1.10. The average Bonchev–Trinajstić information content (AvgIpc) is 2.44. The van der Waals surface area contributed by atoms with Crippen molar-refractivity contribution in [3.63, 3.8) is 0 Å². The van der Waals surface area contributed by atoms with Crippen LogP contribution in [0.25, 0.3) is 0 Å². The molecule has 0 unspecified atom stereocenters. The molecule has 0 bridgehead atoms. The lowest BCUT2D eigenvalue weighted by molar-refractivity contribution is -0.142. The van der Waals surface area contributed by atoms with Crippen LogP contribution in [0.3, 0.4) is 0 Å². The summed E-state index contributed by atoms with van der Waals surface area (Å²) >= 11 is 0. The zero-order chi connectivity index (χ0) is 15.2. The molecule has 0 amide bonds. The van der Waals surface area contributed by atoms with Gasteiger partial charge >= 0.3 is 0 Å². The van der Waals surface area contributed by atoms with E-state index in [4.69, 9.17) is 0 Å². The van der Waals surface area contributed by atoms with Crippen molar-refractivity contribution in [3.8, 4) is 0 Å². The Morgan fingerprint density at radius 3 is 1.85 bits per heavy atom. The second-order valence-corrected chi connectivity index (χ2v) is 4.96. The Balaban J connectivity index is 3.55. The van der Waals surface area contributed by atoms with Crippen LogP contribution in [0.15, 0.2) is 6.08 Å². The van der Waals surface area contributed by atoms with Crippen LogP contribution in [-0.2, 0) is 19.2 Å². The third kappa shape index (κ3) is 9.40. The Morgan fingerprint density at radius 1 is 0.850 bits per heavy atom. The molecule has 0 radical (unpaired) electrons. The molecule has 0 aromatic heterocycles. The molecule has 0 aromatic carbocycles. The van der Waals surface area contributed by atoms with Gasteiger partial charge in [0, 0.05) is 6.42 Å². The summed E-state index contributed by atoms with van der Waals surface area (Å²) in [7, 11) is 0. The van der Waals surface area contributed by atoms with Gasteiger partial charge in [-0.2, -0.15) is 0 Å². The van der Waals surface area contributed by atoms with Gasteiger partial charge in [-0.3, -0.25) is 14.4 Å². The molecule has 0 N–H and O–H groups in total. The van der Waals surface area contributed by atoms with Crippen LogP contribution in [0.4, 0.5) is 0 Å². The first-order chi connectivity index (χ1) is 9.63. The normalized spacial score (nSPS) is 9.85. The first-order valence-corrected chi connectivity index (χ1v) is 7.45. The van der Waals surface area contributed by atoms with Crippen LogP contribution in [-0.4, -0.2) is 23.3 Å². The van der Waals surface area contributed by atoms with Gasteiger partial charge in [0.25, 0.3) is 5.78 Å². The van der Waals surface area contributed by atoms with Gasteiger partial charge in [-0.05, 0) is 6.42 Å². The number of hydrogen-bond donors (Lipinski definition) is 0. The summed E-state index contributed by atoms with van der Waals surface area (Å²) in [4.78, 5) is 43.4. The second kappa shape index (κ2) is 12.5. The van der Waals surface area contributed by atoms with E-state index in [-0.39, 0.29) is 6.42 Å². The van der Waals surface area contributed by atoms with E-state index in [0.29, 0.717) is 12.5 Å². The van der Waals surface area contributed by atoms with Gasteiger partial charge in [0.1, 0.15) is 5.94 Å². The van der Waals surface area contributed by atoms with Crippen LogP contribution in [0.2, 0.25) is 0 Å². The fourth-order valence-corrected chi connectivity index (χ4v) is 1.97. The first kappa shape index (κ1) is 18.5. The van der Waals surface area contributed by atoms with E-state index in [2.05, 4.69) is 6.92 Å². The van der Waals surface area contributed by atoms with Gasteiger partial charge < -0.3 is 0 Å². The number of carbonyl (C=O) groups is 3. The molecule has 0 spiro atoms. The van der Waals surface area contributed by atoms with Crippen LogP contribution in [0.1, 0.15) is 71.1 Å². The molecule has 0 aliphatic heterocycles. The van der Waals surface area contributed by atoms with Gasteiger partial charge in [-0.1, -0.05) is 58.3 Å². The van der Waals surface area contributed by atoms with Crippen molar-refractivity contribution in [3.05, 3.63) is 6.08 Å². The average molecular weight is 280 g/mol. The van der Waals surface area contributed by atoms with Crippen LogP contribution >= 0.6 is 0 Å². The molecule has 0 aliphatic rings. The number of Topliss-reactive ketones (excluding diaryl/α,β-unsaturated/α-hetero) is 2. The van der Waals surface area contributed by atoms with E-state index in [1.165, 1.54) is 38.0 Å². The van der Waals surface area contributed by atoms with Crippen molar-refractivity contribution < 1.29 is 19.2 Å². The van der Waals surface area contributed by atoms with E-state index in [9.17, 15) is 19.2 Å². The van der Waals surface area contributed by atoms with Crippen molar-refractivity contribution in [1.29, 1.82) is 0 Å². The number of hydrogen-bond acceptors (Lipinski definition) is 4. The largest absolute Gasteiger partial charge is 0.290 e. The molecule has 0 aliphatic carbocycles. The van der Waals surface area contributed by atoms with Crippen molar-refractivity contribution in [2.75, 3.05) is 0 Å². The van der Waals surface area contributed by atoms with E-state index in [0.717, 1.165) is 19.3 Å². The lowest BCUT2D eigenvalue weighted by atomic mass is 10.0. The number of carbonyl (C=O) groups excluding carboxylic acids is 4. The van der Waals surface area contributed by atoms with E-state index < -0.39 is 17.3 Å². The van der Waals surface area contributed by atoms with E-state index >= 15 is 0 Å². The van der Waals surface area contributed by atoms with Crippen LogP contribution in [0, 0.1) is 0 Å². The van der Waals surface area contributed by atoms with Crippen molar-refractivity contribution in [2.24, 2.45) is 0 Å². The highest BCUT2D eigenvalue weighted by Gasteiger charge is 2.19. The summed E-state index contributed by atoms with van der Waals surface area (Å²) < 4.78 is 0. The quantitative estimate of drug-likeness (QED) is 0.171. The lowest BCUT2D eigenvalue weighted by Gasteiger charge is -2.01. The predicted molar refractivity (Wildman–Crippen MR) is 77.1 cm³/mol. The number of rotatable bonds is 13.